The molecule has 0 spiro atoms. The van der Waals surface area contributed by atoms with Gasteiger partial charge in [-0.2, -0.15) is 4.31 Å². The summed E-state index contributed by atoms with van der Waals surface area (Å²) in [6.07, 6.45) is 4.15. The zero-order valence-electron chi connectivity index (χ0n) is 15.4. The van der Waals surface area contributed by atoms with Crippen LogP contribution in [0.5, 0.6) is 0 Å². The Labute approximate surface area is 164 Å². The summed E-state index contributed by atoms with van der Waals surface area (Å²) in [6.45, 7) is 1.72. The number of amides is 1. The second-order valence-corrected chi connectivity index (χ2v) is 8.44. The first-order valence-corrected chi connectivity index (χ1v) is 10.7. The molecule has 0 unspecified atom stereocenters. The number of carbonyl (C=O) groups excluding carboxylic acids is 1. The molecule has 28 heavy (non-hydrogen) atoms. The molecule has 1 fully saturated rings. The van der Waals surface area contributed by atoms with Crippen molar-refractivity contribution in [3.05, 3.63) is 54.0 Å². The van der Waals surface area contributed by atoms with Crippen LogP contribution in [-0.2, 0) is 10.0 Å². The molecule has 3 rings (SSSR count). The standard InChI is InChI=1S/C19H23FN4O3S/c20-17-7-3-2-6-16(17)19(25)22-11-10-21-18-9-8-15(14-23-18)28(26,27)24-12-4-1-5-13-24/h2-3,6-9,14H,1,4-5,10-13H2,(H,21,23)(H,22,25). The number of nitrogens with one attached hydrogen (secondary N) is 2. The third-order valence-electron chi connectivity index (χ3n) is 4.52. The second kappa shape index (κ2) is 9.11. The number of hydrogen-bond acceptors (Lipinski definition) is 5. The van der Waals surface area contributed by atoms with Crippen LogP contribution in [0.3, 0.4) is 0 Å². The van der Waals surface area contributed by atoms with Crippen molar-refractivity contribution in [3.63, 3.8) is 0 Å². The van der Waals surface area contributed by atoms with Gasteiger partial charge in [-0.15, -0.1) is 0 Å². The summed E-state index contributed by atoms with van der Waals surface area (Å²) < 4.78 is 40.2. The molecule has 1 aromatic carbocycles. The SMILES string of the molecule is O=C(NCCNc1ccc(S(=O)(=O)N2CCCCC2)cn1)c1ccccc1F. The van der Waals surface area contributed by atoms with E-state index >= 15 is 0 Å². The lowest BCUT2D eigenvalue weighted by Crippen LogP contribution is -2.35. The Bertz CT molecular complexity index is 913. The van der Waals surface area contributed by atoms with Crippen molar-refractivity contribution < 1.29 is 17.6 Å². The molecule has 0 radical (unpaired) electrons. The molecule has 150 valence electrons. The molecule has 0 atom stereocenters. The van der Waals surface area contributed by atoms with Gasteiger partial charge in [-0.05, 0) is 37.1 Å². The van der Waals surface area contributed by atoms with Gasteiger partial charge in [-0.3, -0.25) is 4.79 Å². The molecule has 1 saturated heterocycles. The minimum atomic E-state index is -3.50. The Morgan fingerprint density at radius 1 is 1.07 bits per heavy atom. The fourth-order valence-electron chi connectivity index (χ4n) is 3.00. The molecule has 9 heteroatoms. The van der Waals surface area contributed by atoms with Crippen LogP contribution >= 0.6 is 0 Å². The van der Waals surface area contributed by atoms with Gasteiger partial charge in [0.2, 0.25) is 10.0 Å². The molecular weight excluding hydrogens is 383 g/mol. The van der Waals surface area contributed by atoms with E-state index in [4.69, 9.17) is 0 Å². The summed E-state index contributed by atoms with van der Waals surface area (Å²) in [6, 6.07) is 8.89. The fraction of sp³-hybridized carbons (Fsp3) is 0.368. The topological polar surface area (TPSA) is 91.4 Å². The number of nitrogens with zero attached hydrogens (tertiary/aromatic N) is 2. The number of benzene rings is 1. The van der Waals surface area contributed by atoms with Gasteiger partial charge < -0.3 is 10.6 Å². The monoisotopic (exact) mass is 406 g/mol. The van der Waals surface area contributed by atoms with Crippen LogP contribution in [0.1, 0.15) is 29.6 Å². The van der Waals surface area contributed by atoms with Crippen LogP contribution in [0.15, 0.2) is 47.5 Å². The lowest BCUT2D eigenvalue weighted by atomic mass is 10.2. The highest BCUT2D eigenvalue weighted by molar-refractivity contribution is 7.89. The van der Waals surface area contributed by atoms with E-state index in [0.29, 0.717) is 25.5 Å². The summed E-state index contributed by atoms with van der Waals surface area (Å²) in [5.41, 5.74) is -0.00658. The number of halogens is 1. The van der Waals surface area contributed by atoms with E-state index in [0.717, 1.165) is 19.3 Å². The summed E-state index contributed by atoms with van der Waals surface area (Å²) in [5.74, 6) is -0.561. The molecule has 7 nitrogen and oxygen atoms in total. The molecular formula is C19H23FN4O3S. The summed E-state index contributed by atoms with van der Waals surface area (Å²) >= 11 is 0. The number of anilines is 1. The maximum absolute atomic E-state index is 13.5. The third-order valence-corrected chi connectivity index (χ3v) is 6.41. The van der Waals surface area contributed by atoms with Gasteiger partial charge in [0, 0.05) is 32.4 Å². The highest BCUT2D eigenvalue weighted by Gasteiger charge is 2.26. The molecule has 1 aliphatic rings. The molecule has 0 saturated carbocycles. The number of aromatic nitrogens is 1. The Hall–Kier alpha value is -2.52. The number of carbonyl (C=O) groups is 1. The number of pyridine rings is 1. The van der Waals surface area contributed by atoms with Gasteiger partial charge in [-0.25, -0.2) is 17.8 Å². The Morgan fingerprint density at radius 2 is 1.82 bits per heavy atom. The average Bonchev–Trinajstić information content (AvgIpc) is 2.72. The van der Waals surface area contributed by atoms with Gasteiger partial charge >= 0.3 is 0 Å². The van der Waals surface area contributed by atoms with Crippen LogP contribution in [0.25, 0.3) is 0 Å². The van der Waals surface area contributed by atoms with E-state index in [9.17, 15) is 17.6 Å². The van der Waals surface area contributed by atoms with E-state index < -0.39 is 21.7 Å². The number of hydrogen-bond donors (Lipinski definition) is 2. The van der Waals surface area contributed by atoms with Gasteiger partial charge in [0.25, 0.3) is 5.91 Å². The zero-order chi connectivity index (χ0) is 20.0. The first kappa shape index (κ1) is 20.2. The average molecular weight is 406 g/mol. The van der Waals surface area contributed by atoms with Crippen molar-refractivity contribution in [2.24, 2.45) is 0 Å². The highest BCUT2D eigenvalue weighted by Crippen LogP contribution is 2.20. The predicted molar refractivity (Wildman–Crippen MR) is 104 cm³/mol. The number of piperidine rings is 1. The Kier molecular flexibility index (Phi) is 6.58. The van der Waals surface area contributed by atoms with E-state index in [1.54, 1.807) is 12.1 Å². The van der Waals surface area contributed by atoms with Crippen molar-refractivity contribution in [2.75, 3.05) is 31.5 Å². The molecule has 1 amide bonds. The van der Waals surface area contributed by atoms with E-state index in [1.807, 2.05) is 0 Å². The normalized spacial score (nSPS) is 15.2. The fourth-order valence-corrected chi connectivity index (χ4v) is 4.46. The van der Waals surface area contributed by atoms with Crippen molar-refractivity contribution in [3.8, 4) is 0 Å². The van der Waals surface area contributed by atoms with Crippen molar-refractivity contribution in [1.82, 2.24) is 14.6 Å². The number of sulfonamides is 1. The lowest BCUT2D eigenvalue weighted by molar-refractivity contribution is 0.0951. The third kappa shape index (κ3) is 4.85. The van der Waals surface area contributed by atoms with Gasteiger partial charge in [-0.1, -0.05) is 18.6 Å². The summed E-state index contributed by atoms with van der Waals surface area (Å²) in [5, 5.41) is 5.61. The van der Waals surface area contributed by atoms with Crippen LogP contribution in [-0.4, -0.2) is 49.8 Å². The van der Waals surface area contributed by atoms with Crippen LogP contribution in [0.4, 0.5) is 10.2 Å². The van der Waals surface area contributed by atoms with Gasteiger partial charge in [0.1, 0.15) is 16.5 Å². The molecule has 2 N–H and O–H groups in total. The highest BCUT2D eigenvalue weighted by atomic mass is 32.2. The minimum Gasteiger partial charge on any atom is -0.368 e. The Morgan fingerprint density at radius 3 is 2.50 bits per heavy atom. The van der Waals surface area contributed by atoms with Crippen LogP contribution in [0, 0.1) is 5.82 Å². The number of rotatable bonds is 7. The maximum atomic E-state index is 13.5. The molecule has 2 aromatic rings. The first-order chi connectivity index (χ1) is 13.5. The first-order valence-electron chi connectivity index (χ1n) is 9.21. The molecule has 2 heterocycles. The largest absolute Gasteiger partial charge is 0.368 e. The van der Waals surface area contributed by atoms with Crippen molar-refractivity contribution in [1.29, 1.82) is 0 Å². The van der Waals surface area contributed by atoms with E-state index in [-0.39, 0.29) is 17.0 Å². The minimum absolute atomic E-state index is 0.00658. The van der Waals surface area contributed by atoms with Gasteiger partial charge in [0.05, 0.1) is 5.56 Å². The summed E-state index contributed by atoms with van der Waals surface area (Å²) in [4.78, 5) is 16.2. The molecule has 1 aliphatic heterocycles. The quantitative estimate of drug-likeness (QED) is 0.688. The maximum Gasteiger partial charge on any atom is 0.254 e. The van der Waals surface area contributed by atoms with Crippen molar-refractivity contribution >= 4 is 21.7 Å². The van der Waals surface area contributed by atoms with Crippen LogP contribution < -0.4 is 10.6 Å². The molecule has 0 aliphatic carbocycles. The molecule has 1 aromatic heterocycles. The van der Waals surface area contributed by atoms with Gasteiger partial charge in [0.15, 0.2) is 0 Å². The smallest absolute Gasteiger partial charge is 0.254 e. The lowest BCUT2D eigenvalue weighted by Gasteiger charge is -2.25. The Balaban J connectivity index is 1.49. The molecule has 0 bridgehead atoms. The van der Waals surface area contributed by atoms with Crippen LogP contribution in [0.2, 0.25) is 0 Å². The second-order valence-electron chi connectivity index (χ2n) is 6.51. The summed E-state index contributed by atoms with van der Waals surface area (Å²) in [7, 11) is -3.50. The van der Waals surface area contributed by atoms with E-state index in [1.165, 1.54) is 34.8 Å². The zero-order valence-corrected chi connectivity index (χ0v) is 16.2. The predicted octanol–water partition coefficient (Wildman–Crippen LogP) is 2.24. The van der Waals surface area contributed by atoms with Crippen molar-refractivity contribution in [2.45, 2.75) is 24.2 Å². The van der Waals surface area contributed by atoms with E-state index in [2.05, 4.69) is 15.6 Å².